The molecule has 0 spiro atoms. The number of benzene rings is 3. The number of hydrogen-bond acceptors (Lipinski definition) is 14. The molecule has 282 valence electrons. The van der Waals surface area contributed by atoms with Crippen molar-refractivity contribution in [3.05, 3.63) is 95.1 Å². The van der Waals surface area contributed by atoms with Gasteiger partial charge in [-0.15, -0.1) is 0 Å². The van der Waals surface area contributed by atoms with Gasteiger partial charge in [-0.2, -0.15) is 8.42 Å². The molecule has 0 aromatic heterocycles. The Morgan fingerprint density at radius 2 is 1.58 bits per heavy atom. The molecule has 52 heavy (non-hydrogen) atoms. The molecule has 0 radical (unpaired) electrons. The molecule has 0 aliphatic carbocycles. The van der Waals surface area contributed by atoms with Gasteiger partial charge in [-0.05, 0) is 43.2 Å². The van der Waals surface area contributed by atoms with Crippen LogP contribution in [-0.4, -0.2) is 109 Å². The molecule has 3 aromatic rings. The Morgan fingerprint density at radius 1 is 0.865 bits per heavy atom. The number of aryl methyl sites for hydroxylation is 2. The summed E-state index contributed by atoms with van der Waals surface area (Å²) in [6, 6.07) is 20.2. The molecule has 16 heteroatoms. The number of rotatable bonds is 11. The summed E-state index contributed by atoms with van der Waals surface area (Å²) in [5.41, 5.74) is 3.49. The number of nitrogens with one attached hydrogen (secondary N) is 1. The van der Waals surface area contributed by atoms with Gasteiger partial charge in [-0.25, -0.2) is 0 Å². The maximum absolute atomic E-state index is 13.1. The van der Waals surface area contributed by atoms with Crippen LogP contribution in [0.15, 0.2) is 77.7 Å². The number of amides is 1. The third-order valence-electron chi connectivity index (χ3n) is 9.06. The molecule has 11 atom stereocenters. The number of aliphatic hydroxyl groups excluding tert-OH is 4. The van der Waals surface area contributed by atoms with E-state index in [1.165, 1.54) is 19.1 Å². The number of anilines is 1. The number of aliphatic hydroxyl groups is 4. The Labute approximate surface area is 301 Å². The van der Waals surface area contributed by atoms with Crippen molar-refractivity contribution in [2.75, 3.05) is 18.5 Å². The quantitative estimate of drug-likeness (QED) is 0.177. The van der Waals surface area contributed by atoms with Crippen molar-refractivity contribution >= 4 is 21.7 Å². The number of ether oxygens (including phenoxy) is 6. The summed E-state index contributed by atoms with van der Waals surface area (Å²) in [6.07, 6.45) is -15.5. The average molecular weight is 746 g/mol. The van der Waals surface area contributed by atoms with Gasteiger partial charge in [0.05, 0.1) is 24.7 Å². The summed E-state index contributed by atoms with van der Waals surface area (Å²) in [5.74, 6) is -0.264. The van der Waals surface area contributed by atoms with Crippen LogP contribution in [0.5, 0.6) is 0 Å². The minimum atomic E-state index is -4.33. The fourth-order valence-corrected chi connectivity index (χ4v) is 7.08. The van der Waals surface area contributed by atoms with E-state index < -0.39 is 84.4 Å². The van der Waals surface area contributed by atoms with Crippen LogP contribution in [0.2, 0.25) is 0 Å². The lowest BCUT2D eigenvalue weighted by atomic mass is 9.96. The Bertz CT molecular complexity index is 1780. The molecule has 3 heterocycles. The Balaban J connectivity index is 1.18. The van der Waals surface area contributed by atoms with Crippen molar-refractivity contribution in [1.29, 1.82) is 0 Å². The lowest BCUT2D eigenvalue weighted by molar-refractivity contribution is -0.385. The first kappa shape index (κ1) is 38.4. The van der Waals surface area contributed by atoms with Gasteiger partial charge in [0.2, 0.25) is 5.91 Å². The second-order valence-electron chi connectivity index (χ2n) is 13.0. The molecule has 0 bridgehead atoms. The maximum atomic E-state index is 13.1. The van der Waals surface area contributed by atoms with Crippen molar-refractivity contribution in [3.8, 4) is 0 Å². The van der Waals surface area contributed by atoms with Crippen molar-refractivity contribution in [3.63, 3.8) is 0 Å². The van der Waals surface area contributed by atoms with E-state index in [1.54, 1.807) is 61.5 Å². The Morgan fingerprint density at radius 3 is 2.29 bits per heavy atom. The van der Waals surface area contributed by atoms with Gasteiger partial charge >= 0.3 is 0 Å². The minimum Gasteiger partial charge on any atom is -0.387 e. The number of carbonyl (C=O) groups excluding carboxylic acids is 1. The van der Waals surface area contributed by atoms with Crippen molar-refractivity contribution in [1.82, 2.24) is 0 Å². The molecule has 3 aliphatic heterocycles. The number of hydrogen-bond donors (Lipinski definition) is 5. The van der Waals surface area contributed by atoms with Gasteiger partial charge in [0, 0.05) is 18.2 Å². The summed E-state index contributed by atoms with van der Waals surface area (Å²) < 4.78 is 67.1. The Kier molecular flexibility index (Phi) is 12.1. The molecule has 1 amide bonds. The van der Waals surface area contributed by atoms with E-state index in [1.807, 2.05) is 13.0 Å². The number of carbonyl (C=O) groups is 1. The maximum Gasteiger partial charge on any atom is 0.297 e. The molecule has 15 nitrogen and oxygen atoms in total. The summed E-state index contributed by atoms with van der Waals surface area (Å²) in [4.78, 5) is 11.5. The molecule has 6 rings (SSSR count). The van der Waals surface area contributed by atoms with Gasteiger partial charge in [0.15, 0.2) is 18.9 Å². The van der Waals surface area contributed by atoms with Crippen molar-refractivity contribution in [2.45, 2.75) is 100.0 Å². The van der Waals surface area contributed by atoms with Crippen molar-refractivity contribution < 1.29 is 66.2 Å². The zero-order chi connectivity index (χ0) is 37.2. The van der Waals surface area contributed by atoms with Crippen LogP contribution in [0, 0.1) is 13.8 Å². The minimum absolute atomic E-state index is 0.0415. The second kappa shape index (κ2) is 16.3. The van der Waals surface area contributed by atoms with E-state index in [0.717, 1.165) is 11.1 Å². The summed E-state index contributed by atoms with van der Waals surface area (Å²) in [6.45, 7) is 4.12. The Hall–Kier alpha value is -3.36. The molecule has 3 saturated heterocycles. The van der Waals surface area contributed by atoms with Crippen LogP contribution < -0.4 is 5.32 Å². The molecule has 3 aromatic carbocycles. The van der Waals surface area contributed by atoms with E-state index in [2.05, 4.69) is 5.32 Å². The first-order valence-electron chi connectivity index (χ1n) is 16.8. The highest BCUT2D eigenvalue weighted by molar-refractivity contribution is 7.86. The van der Waals surface area contributed by atoms with Crippen LogP contribution in [0.25, 0.3) is 0 Å². The van der Waals surface area contributed by atoms with E-state index in [9.17, 15) is 33.6 Å². The first-order valence-corrected chi connectivity index (χ1v) is 18.2. The fraction of sp³-hybridized carbons (Fsp3) is 0.472. The number of fused-ring (bicyclic) bond motifs is 1. The molecule has 0 saturated carbocycles. The molecular weight excluding hydrogens is 702 g/mol. The first-order chi connectivity index (χ1) is 24.8. The van der Waals surface area contributed by atoms with Crippen LogP contribution >= 0.6 is 0 Å². The molecule has 3 aliphatic rings. The van der Waals surface area contributed by atoms with E-state index in [-0.39, 0.29) is 24.0 Å². The second-order valence-corrected chi connectivity index (χ2v) is 14.6. The topological polar surface area (TPSA) is 209 Å². The van der Waals surface area contributed by atoms with Gasteiger partial charge in [-0.1, -0.05) is 60.2 Å². The lowest BCUT2D eigenvalue weighted by Gasteiger charge is -2.48. The fourth-order valence-electron chi connectivity index (χ4n) is 6.16. The third-order valence-corrected chi connectivity index (χ3v) is 10.4. The van der Waals surface area contributed by atoms with E-state index >= 15 is 0 Å². The van der Waals surface area contributed by atoms with Gasteiger partial charge in [-0.3, -0.25) is 8.98 Å². The largest absolute Gasteiger partial charge is 0.387 e. The predicted octanol–water partition coefficient (Wildman–Crippen LogP) is 1.58. The molecule has 3 fully saturated rings. The SMILES string of the molecule is CC(=O)Nc1cc(CO[C@@H]2O[C@H](COS(=O)(=O)c3ccc(C)cc3)[C@@H](O[C@H]3O[C@@H]4COC(c5ccccc5)O[C@H]4[C@H](O)[C@H]3O)[C@H](O)[C@H]2O)ccc1C. The average Bonchev–Trinajstić information content (AvgIpc) is 3.13. The van der Waals surface area contributed by atoms with Gasteiger partial charge in [0.25, 0.3) is 10.1 Å². The standard InChI is InChI=1S/C36H43NO14S/c1-19-9-13-24(14-10-19)52(43,44)47-18-27-33(28(39)30(41)35(48-27)45-16-22-12-11-20(2)25(15-22)37-21(3)38)51-36-31(42)29(40)32-26(49-36)17-46-34(50-32)23-7-5-4-6-8-23/h4-15,26-36,39-42H,16-18H2,1-3H3,(H,37,38)/t26-,27-,28-,29-,30-,31-,32-,33-,34?,35-,36-/m1/s1. The predicted molar refractivity (Wildman–Crippen MR) is 181 cm³/mol. The smallest absolute Gasteiger partial charge is 0.297 e. The van der Waals surface area contributed by atoms with Gasteiger partial charge < -0.3 is 54.2 Å². The van der Waals surface area contributed by atoms with E-state index in [4.69, 9.17) is 32.6 Å². The highest BCUT2D eigenvalue weighted by atomic mass is 32.2. The van der Waals surface area contributed by atoms with E-state index in [0.29, 0.717) is 16.8 Å². The third kappa shape index (κ3) is 8.71. The summed E-state index contributed by atoms with van der Waals surface area (Å²) >= 11 is 0. The molecule has 1 unspecified atom stereocenters. The van der Waals surface area contributed by atoms with Gasteiger partial charge in [0.1, 0.15) is 48.8 Å². The lowest BCUT2D eigenvalue weighted by Crippen LogP contribution is -2.66. The van der Waals surface area contributed by atoms with Crippen molar-refractivity contribution in [2.24, 2.45) is 0 Å². The summed E-state index contributed by atoms with van der Waals surface area (Å²) in [5, 5.41) is 47.4. The monoisotopic (exact) mass is 745 g/mol. The zero-order valence-electron chi connectivity index (χ0n) is 28.7. The normalized spacial score (nSPS) is 32.2. The highest BCUT2D eigenvalue weighted by Crippen LogP contribution is 2.36. The molecule has 5 N–H and O–H groups in total. The van der Waals surface area contributed by atoms with Crippen LogP contribution in [-0.2, 0) is 54.1 Å². The highest BCUT2D eigenvalue weighted by Gasteiger charge is 2.53. The van der Waals surface area contributed by atoms with Crippen LogP contribution in [0.4, 0.5) is 5.69 Å². The van der Waals surface area contributed by atoms with Crippen LogP contribution in [0.3, 0.4) is 0 Å². The zero-order valence-corrected chi connectivity index (χ0v) is 29.5. The molecular formula is C36H43NO14S. The van der Waals surface area contributed by atoms with Crippen LogP contribution in [0.1, 0.15) is 35.5 Å². The summed E-state index contributed by atoms with van der Waals surface area (Å²) in [7, 11) is -4.33.